The van der Waals surface area contributed by atoms with E-state index in [2.05, 4.69) is 15.0 Å². The molecule has 0 aliphatic carbocycles. The predicted octanol–water partition coefficient (Wildman–Crippen LogP) is -1.99. The van der Waals surface area contributed by atoms with Crippen molar-refractivity contribution in [2.24, 2.45) is 0 Å². The van der Waals surface area contributed by atoms with Crippen LogP contribution in [0.5, 0.6) is 0 Å². The summed E-state index contributed by atoms with van der Waals surface area (Å²) in [5.41, 5.74) is 3.52. The zero-order chi connectivity index (χ0) is 16.2. The number of aromatic amines is 1. The average molecular weight is 311 g/mol. The molecule has 0 saturated carbocycles. The van der Waals surface area contributed by atoms with Crippen molar-refractivity contribution in [1.29, 1.82) is 0 Å². The molecule has 3 heterocycles. The van der Waals surface area contributed by atoms with Gasteiger partial charge in [0.25, 0.3) is 5.56 Å². The van der Waals surface area contributed by atoms with Crippen molar-refractivity contribution >= 4 is 17.1 Å². The maximum absolute atomic E-state index is 11.9. The molecule has 1 fully saturated rings. The average Bonchev–Trinajstić information content (AvgIpc) is 2.86. The number of hydrogen-bond acceptors (Lipinski definition) is 8. The second-order valence-corrected chi connectivity index (χ2v) is 5.53. The molecule has 1 saturated heterocycles. The smallest absolute Gasteiger partial charge is 0.280 e. The third-order valence-electron chi connectivity index (χ3n) is 3.91. The zero-order valence-electron chi connectivity index (χ0n) is 12.0. The highest BCUT2D eigenvalue weighted by Crippen LogP contribution is 2.39. The lowest BCUT2D eigenvalue weighted by Crippen LogP contribution is -2.44. The van der Waals surface area contributed by atoms with Crippen LogP contribution in [0.1, 0.15) is 19.0 Å². The lowest BCUT2D eigenvalue weighted by atomic mass is 9.96. The van der Waals surface area contributed by atoms with Gasteiger partial charge < -0.3 is 25.8 Å². The van der Waals surface area contributed by atoms with Crippen molar-refractivity contribution in [2.45, 2.75) is 37.9 Å². The zero-order valence-corrected chi connectivity index (χ0v) is 12.0. The Balaban J connectivity index is 2.22. The number of nitrogens with two attached hydrogens (primary N) is 1. The minimum atomic E-state index is -1.70. The number of ether oxygens (including phenoxy) is 1. The largest absolute Gasteiger partial charge is 0.394 e. The van der Waals surface area contributed by atoms with Gasteiger partial charge in [0, 0.05) is 0 Å². The molecule has 10 nitrogen and oxygen atoms in total. The first kappa shape index (κ1) is 14.9. The van der Waals surface area contributed by atoms with Gasteiger partial charge in [-0.2, -0.15) is 4.98 Å². The van der Waals surface area contributed by atoms with Crippen LogP contribution in [-0.2, 0) is 4.74 Å². The van der Waals surface area contributed by atoms with Crippen molar-refractivity contribution in [3.8, 4) is 0 Å². The second kappa shape index (κ2) is 4.74. The van der Waals surface area contributed by atoms with E-state index in [1.807, 2.05) is 0 Å². The third-order valence-corrected chi connectivity index (χ3v) is 3.91. The fourth-order valence-corrected chi connectivity index (χ4v) is 2.76. The van der Waals surface area contributed by atoms with E-state index >= 15 is 0 Å². The minimum absolute atomic E-state index is 0.0491. The summed E-state index contributed by atoms with van der Waals surface area (Å²) in [6.07, 6.45) is -3.34. The van der Waals surface area contributed by atoms with Gasteiger partial charge in [-0.1, -0.05) is 0 Å². The summed E-state index contributed by atoms with van der Waals surface area (Å²) in [7, 11) is 0. The first-order valence-electron chi connectivity index (χ1n) is 6.68. The van der Waals surface area contributed by atoms with Gasteiger partial charge in [0.15, 0.2) is 17.4 Å². The summed E-state index contributed by atoms with van der Waals surface area (Å²) < 4.78 is 6.92. The molecule has 1 aliphatic rings. The highest BCUT2D eigenvalue weighted by atomic mass is 16.6. The number of aliphatic hydroxyl groups excluding tert-OH is 2. The van der Waals surface area contributed by atoms with Crippen LogP contribution in [0, 0.1) is 6.92 Å². The number of aromatic nitrogens is 4. The number of imidazole rings is 1. The first-order chi connectivity index (χ1) is 10.3. The van der Waals surface area contributed by atoms with Gasteiger partial charge >= 0.3 is 0 Å². The van der Waals surface area contributed by atoms with Crippen LogP contribution in [0.25, 0.3) is 11.2 Å². The number of aryl methyl sites for hydroxylation is 1. The molecule has 120 valence electrons. The van der Waals surface area contributed by atoms with Gasteiger partial charge in [-0.15, -0.1) is 0 Å². The molecule has 6 N–H and O–H groups in total. The van der Waals surface area contributed by atoms with E-state index in [9.17, 15) is 20.1 Å². The standard InChI is InChI=1S/C12H17N5O5/c1-4-14-6-8(15-11(13)16-9(6)20)17(4)10-12(2,21)7(19)5(3-18)22-10/h5,7,10,18-19,21H,3H2,1-2H3,(H3,13,15,16,20). The summed E-state index contributed by atoms with van der Waals surface area (Å²) >= 11 is 0. The molecule has 0 spiro atoms. The Morgan fingerprint density at radius 3 is 2.77 bits per heavy atom. The minimum Gasteiger partial charge on any atom is -0.394 e. The van der Waals surface area contributed by atoms with E-state index in [-0.39, 0.29) is 17.1 Å². The van der Waals surface area contributed by atoms with Gasteiger partial charge in [-0.25, -0.2) is 4.98 Å². The molecule has 2 aromatic heterocycles. The van der Waals surface area contributed by atoms with E-state index in [4.69, 9.17) is 10.5 Å². The van der Waals surface area contributed by atoms with E-state index < -0.39 is 36.2 Å². The topological polar surface area (TPSA) is 160 Å². The van der Waals surface area contributed by atoms with Crippen molar-refractivity contribution < 1.29 is 20.1 Å². The number of aliphatic hydroxyl groups is 3. The number of H-pyrrole nitrogens is 1. The fourth-order valence-electron chi connectivity index (χ4n) is 2.76. The number of nitrogens with zero attached hydrogens (tertiary/aromatic N) is 3. The van der Waals surface area contributed by atoms with Gasteiger partial charge in [0.05, 0.1) is 6.61 Å². The number of hydrogen-bond donors (Lipinski definition) is 5. The molecule has 10 heteroatoms. The lowest BCUT2D eigenvalue weighted by molar-refractivity contribution is -0.0958. The summed E-state index contributed by atoms with van der Waals surface area (Å²) in [6, 6.07) is 0. The highest BCUT2D eigenvalue weighted by molar-refractivity contribution is 5.71. The molecule has 22 heavy (non-hydrogen) atoms. The Morgan fingerprint density at radius 2 is 2.18 bits per heavy atom. The van der Waals surface area contributed by atoms with Crippen molar-refractivity contribution in [2.75, 3.05) is 12.3 Å². The van der Waals surface area contributed by atoms with E-state index in [0.29, 0.717) is 5.82 Å². The first-order valence-corrected chi connectivity index (χ1v) is 6.68. The Kier molecular flexibility index (Phi) is 3.22. The number of anilines is 1. The van der Waals surface area contributed by atoms with Gasteiger partial charge in [-0.3, -0.25) is 14.3 Å². The Bertz CT molecular complexity index is 782. The molecule has 4 unspecified atom stereocenters. The van der Waals surface area contributed by atoms with Gasteiger partial charge in [0.2, 0.25) is 5.95 Å². The second-order valence-electron chi connectivity index (χ2n) is 5.53. The molecule has 0 radical (unpaired) electrons. The number of nitrogen functional groups attached to an aromatic ring is 1. The van der Waals surface area contributed by atoms with E-state index in [1.54, 1.807) is 6.92 Å². The van der Waals surface area contributed by atoms with Crippen LogP contribution in [0.15, 0.2) is 4.79 Å². The Labute approximate surface area is 124 Å². The SMILES string of the molecule is Cc1nc2c(=O)[nH]c(N)nc2n1C1OC(CO)C(O)C1(C)O. The summed E-state index contributed by atoms with van der Waals surface area (Å²) in [5.74, 6) is 0.255. The molecule has 0 aromatic carbocycles. The predicted molar refractivity (Wildman–Crippen MR) is 74.9 cm³/mol. The quantitative estimate of drug-likeness (QED) is 0.426. The van der Waals surface area contributed by atoms with Crippen LogP contribution < -0.4 is 11.3 Å². The molecule has 0 amide bonds. The lowest BCUT2D eigenvalue weighted by Gasteiger charge is -2.28. The molecule has 4 atom stereocenters. The summed E-state index contributed by atoms with van der Waals surface area (Å²) in [4.78, 5) is 22.4. The maximum atomic E-state index is 11.9. The number of fused-ring (bicyclic) bond motifs is 1. The normalized spacial score (nSPS) is 32.0. The summed E-state index contributed by atoms with van der Waals surface area (Å²) in [5, 5.41) is 29.9. The van der Waals surface area contributed by atoms with Crippen LogP contribution in [0.3, 0.4) is 0 Å². The van der Waals surface area contributed by atoms with E-state index in [1.165, 1.54) is 11.5 Å². The van der Waals surface area contributed by atoms with Crippen molar-refractivity contribution in [3.05, 3.63) is 16.2 Å². The summed E-state index contributed by atoms with van der Waals surface area (Å²) in [6.45, 7) is 2.52. The Hall–Kier alpha value is -2.01. The van der Waals surface area contributed by atoms with Crippen LogP contribution in [0.2, 0.25) is 0 Å². The Morgan fingerprint density at radius 1 is 1.50 bits per heavy atom. The number of nitrogens with one attached hydrogen (secondary N) is 1. The molecular formula is C12H17N5O5. The molecule has 1 aliphatic heterocycles. The maximum Gasteiger partial charge on any atom is 0.280 e. The highest BCUT2D eigenvalue weighted by Gasteiger charge is 2.53. The van der Waals surface area contributed by atoms with Crippen molar-refractivity contribution in [3.63, 3.8) is 0 Å². The van der Waals surface area contributed by atoms with E-state index in [0.717, 1.165) is 0 Å². The molecular weight excluding hydrogens is 294 g/mol. The van der Waals surface area contributed by atoms with Crippen molar-refractivity contribution in [1.82, 2.24) is 19.5 Å². The molecule has 0 bridgehead atoms. The molecule has 3 rings (SSSR count). The van der Waals surface area contributed by atoms with Gasteiger partial charge in [-0.05, 0) is 13.8 Å². The number of rotatable bonds is 2. The monoisotopic (exact) mass is 311 g/mol. The van der Waals surface area contributed by atoms with Crippen LogP contribution in [-0.4, -0.2) is 59.3 Å². The third kappa shape index (κ3) is 1.92. The van der Waals surface area contributed by atoms with Crippen LogP contribution in [0.4, 0.5) is 5.95 Å². The fraction of sp³-hybridized carbons (Fsp3) is 0.583. The molecule has 2 aromatic rings. The van der Waals surface area contributed by atoms with Gasteiger partial charge in [0.1, 0.15) is 23.6 Å². The van der Waals surface area contributed by atoms with Crippen LogP contribution >= 0.6 is 0 Å².